The van der Waals surface area contributed by atoms with E-state index in [4.69, 9.17) is 0 Å². The van der Waals surface area contributed by atoms with Crippen LogP contribution in [0, 0.1) is 0 Å². The fraction of sp³-hybridized carbons (Fsp3) is 0.667. The van der Waals surface area contributed by atoms with Crippen LogP contribution in [-0.2, 0) is 0 Å². The van der Waals surface area contributed by atoms with Gasteiger partial charge in [0.2, 0.25) is 0 Å². The van der Waals surface area contributed by atoms with Crippen LogP contribution < -0.4 is 0 Å². The number of hydrogen-bond donors (Lipinski definition) is 0. The Balaban J connectivity index is 2.53. The third-order valence-electron chi connectivity index (χ3n) is 2.65. The van der Waals surface area contributed by atoms with Gasteiger partial charge in [0, 0.05) is 5.57 Å². The number of hydrogen-bond acceptors (Lipinski definition) is 2. The van der Waals surface area contributed by atoms with Crippen molar-refractivity contribution in [2.24, 2.45) is 0 Å². The minimum atomic E-state index is 0.613. The largest absolute Gasteiger partial charge is 0.142 e. The van der Waals surface area contributed by atoms with Crippen molar-refractivity contribution in [1.82, 2.24) is 0 Å². The maximum Gasteiger partial charge on any atom is 0.0822 e. The van der Waals surface area contributed by atoms with Crippen molar-refractivity contribution < 1.29 is 0 Å². The summed E-state index contributed by atoms with van der Waals surface area (Å²) >= 11 is 4.14. The predicted octanol–water partition coefficient (Wildman–Crippen LogP) is 5.42. The van der Waals surface area contributed by atoms with Crippen molar-refractivity contribution in [3.63, 3.8) is 0 Å². The molecule has 1 rings (SSSR count). The zero-order chi connectivity index (χ0) is 12.3. The van der Waals surface area contributed by atoms with Crippen LogP contribution >= 0.6 is 23.5 Å². The van der Waals surface area contributed by atoms with E-state index in [0.717, 1.165) is 0 Å². The van der Waals surface area contributed by atoms with Crippen LogP contribution in [0.3, 0.4) is 0 Å². The van der Waals surface area contributed by atoms with E-state index in [1.165, 1.54) is 49.2 Å². The molecule has 0 atom stereocenters. The highest BCUT2D eigenvalue weighted by atomic mass is 32.2. The van der Waals surface area contributed by atoms with Gasteiger partial charge in [0.05, 0.1) is 4.58 Å². The molecule has 1 aliphatic heterocycles. The van der Waals surface area contributed by atoms with E-state index in [-0.39, 0.29) is 0 Å². The molecule has 1 aliphatic rings. The smallest absolute Gasteiger partial charge is 0.0822 e. The first kappa shape index (κ1) is 15.0. The van der Waals surface area contributed by atoms with Crippen molar-refractivity contribution in [3.8, 4) is 0 Å². The molecule has 0 saturated carbocycles. The molecule has 1 fully saturated rings. The summed E-state index contributed by atoms with van der Waals surface area (Å²) in [7, 11) is 0. The van der Waals surface area contributed by atoms with E-state index in [0.29, 0.717) is 4.58 Å². The fourth-order valence-electron chi connectivity index (χ4n) is 1.73. The molecule has 0 radical (unpaired) electrons. The van der Waals surface area contributed by atoms with Crippen LogP contribution in [-0.4, -0.2) is 16.1 Å². The molecule has 1 heterocycles. The molecule has 0 unspecified atom stereocenters. The molecule has 0 nitrogen and oxygen atoms in total. The third-order valence-corrected chi connectivity index (χ3v) is 5.63. The van der Waals surface area contributed by atoms with Crippen LogP contribution in [0.15, 0.2) is 29.5 Å². The van der Waals surface area contributed by atoms with E-state index < -0.39 is 0 Å². The lowest BCUT2D eigenvalue weighted by Crippen LogP contribution is -2.07. The molecule has 0 spiro atoms. The summed E-state index contributed by atoms with van der Waals surface area (Å²) < 4.78 is 0.613. The summed E-state index contributed by atoms with van der Waals surface area (Å²) in [5.74, 6) is 2.60. The highest BCUT2D eigenvalue weighted by molar-refractivity contribution is 8.17. The van der Waals surface area contributed by atoms with Gasteiger partial charge in [0.15, 0.2) is 0 Å². The minimum absolute atomic E-state index is 0.613. The second-order valence-corrected chi connectivity index (χ2v) is 6.95. The molecule has 96 valence electrons. The molecular formula is C15H24S2. The van der Waals surface area contributed by atoms with Gasteiger partial charge in [-0.15, -0.1) is 29.3 Å². The summed E-state index contributed by atoms with van der Waals surface area (Å²) in [5.41, 5.74) is 4.89. The number of unbranched alkanes of at least 4 members (excludes halogenated alkanes) is 3. The topological polar surface area (TPSA) is 0 Å². The van der Waals surface area contributed by atoms with E-state index in [1.54, 1.807) is 0 Å². The molecule has 2 heteroatoms. The first-order chi connectivity index (χ1) is 8.38. The van der Waals surface area contributed by atoms with E-state index in [9.17, 15) is 0 Å². The van der Waals surface area contributed by atoms with Crippen LogP contribution in [0.4, 0.5) is 0 Å². The van der Waals surface area contributed by atoms with Gasteiger partial charge < -0.3 is 0 Å². The Labute approximate surface area is 115 Å². The molecule has 0 aliphatic carbocycles. The highest BCUT2D eigenvalue weighted by Gasteiger charge is 2.16. The molecule has 1 saturated heterocycles. The Morgan fingerprint density at radius 3 is 2.71 bits per heavy atom. The average Bonchev–Trinajstić information content (AvgIpc) is 2.38. The first-order valence-electron chi connectivity index (χ1n) is 6.69. The van der Waals surface area contributed by atoms with Gasteiger partial charge in [0.1, 0.15) is 0 Å². The summed E-state index contributed by atoms with van der Waals surface area (Å²) in [6, 6.07) is 0. The minimum Gasteiger partial charge on any atom is -0.142 e. The Hall–Kier alpha value is -0.0400. The van der Waals surface area contributed by atoms with E-state index in [2.05, 4.69) is 61.3 Å². The highest BCUT2D eigenvalue weighted by Crippen LogP contribution is 2.35. The molecule has 0 aromatic heterocycles. The number of rotatable bonds is 6. The molecular weight excluding hydrogens is 244 g/mol. The molecule has 17 heavy (non-hydrogen) atoms. The summed E-state index contributed by atoms with van der Waals surface area (Å²) in [4.78, 5) is 0. The Kier molecular flexibility index (Phi) is 8.78. The molecule has 0 aromatic rings. The van der Waals surface area contributed by atoms with Crippen LogP contribution in [0.1, 0.15) is 46.0 Å². The predicted molar refractivity (Wildman–Crippen MR) is 83.9 cm³/mol. The Morgan fingerprint density at radius 1 is 1.29 bits per heavy atom. The van der Waals surface area contributed by atoms with Crippen molar-refractivity contribution in [2.75, 3.05) is 11.5 Å². The Bertz CT molecular complexity index is 279. The molecule has 0 aromatic carbocycles. The summed E-state index contributed by atoms with van der Waals surface area (Å²) in [5, 5.41) is 0. The van der Waals surface area contributed by atoms with Gasteiger partial charge >= 0.3 is 0 Å². The van der Waals surface area contributed by atoms with Gasteiger partial charge in [0.25, 0.3) is 0 Å². The van der Waals surface area contributed by atoms with E-state index >= 15 is 0 Å². The van der Waals surface area contributed by atoms with E-state index in [1.807, 2.05) is 0 Å². The summed E-state index contributed by atoms with van der Waals surface area (Å²) in [6.45, 7) is 4.34. The van der Waals surface area contributed by atoms with Gasteiger partial charge in [-0.05, 0) is 43.8 Å². The lowest BCUT2D eigenvalue weighted by Gasteiger charge is -2.20. The third kappa shape index (κ3) is 6.45. The standard InChI is InChI=1S/C15H24S2/c1-3-5-6-7-8-11-14(10-4-2)15-16-12-9-13-17-15/h4,8,10,15H,3,5-7,9,12-13H2,1-2H3/b10-4+. The Morgan fingerprint density at radius 2 is 2.06 bits per heavy atom. The number of thioether (sulfide) groups is 2. The van der Waals surface area contributed by atoms with Crippen LogP contribution in [0.2, 0.25) is 0 Å². The van der Waals surface area contributed by atoms with Crippen molar-refractivity contribution in [1.29, 1.82) is 0 Å². The van der Waals surface area contributed by atoms with Crippen molar-refractivity contribution in [2.45, 2.75) is 50.5 Å². The zero-order valence-corrected chi connectivity index (χ0v) is 12.7. The lowest BCUT2D eigenvalue weighted by molar-refractivity contribution is 0.729. The first-order valence-corrected chi connectivity index (χ1v) is 8.79. The molecule has 0 bridgehead atoms. The van der Waals surface area contributed by atoms with Gasteiger partial charge in [-0.1, -0.05) is 31.9 Å². The molecule has 0 N–H and O–H groups in total. The quantitative estimate of drug-likeness (QED) is 0.358. The fourth-order valence-corrected chi connectivity index (χ4v) is 4.58. The normalized spacial score (nSPS) is 17.1. The second-order valence-electron chi connectivity index (χ2n) is 4.23. The van der Waals surface area contributed by atoms with Crippen LogP contribution in [0.5, 0.6) is 0 Å². The second kappa shape index (κ2) is 9.94. The maximum absolute atomic E-state index is 3.51. The zero-order valence-electron chi connectivity index (χ0n) is 11.1. The SMILES string of the molecule is C/C=C/C(=C=CCCCCC)C1SCCCS1. The van der Waals surface area contributed by atoms with Gasteiger partial charge in [-0.2, -0.15) is 0 Å². The number of allylic oxidation sites excluding steroid dienone is 2. The monoisotopic (exact) mass is 268 g/mol. The van der Waals surface area contributed by atoms with Crippen LogP contribution in [0.25, 0.3) is 0 Å². The average molecular weight is 268 g/mol. The maximum atomic E-state index is 3.51. The van der Waals surface area contributed by atoms with Gasteiger partial charge in [-0.3, -0.25) is 0 Å². The van der Waals surface area contributed by atoms with Crippen molar-refractivity contribution in [3.05, 3.63) is 29.5 Å². The van der Waals surface area contributed by atoms with Crippen molar-refractivity contribution >= 4 is 23.5 Å². The lowest BCUT2D eigenvalue weighted by atomic mass is 10.2. The van der Waals surface area contributed by atoms with Gasteiger partial charge in [-0.25, -0.2) is 0 Å². The summed E-state index contributed by atoms with van der Waals surface area (Å²) in [6.07, 6.45) is 13.1. The molecule has 0 amide bonds.